The second-order valence-corrected chi connectivity index (χ2v) is 20.3. The summed E-state index contributed by atoms with van der Waals surface area (Å²) in [5.74, 6) is -0.0424. The van der Waals surface area contributed by atoms with Crippen molar-refractivity contribution in [1.82, 2.24) is 5.32 Å². The van der Waals surface area contributed by atoms with Crippen LogP contribution in [-0.4, -0.2) is 47.4 Å². The van der Waals surface area contributed by atoms with Gasteiger partial charge in [0.25, 0.3) is 0 Å². The lowest BCUT2D eigenvalue weighted by atomic mass is 10.0. The number of nitrogens with one attached hydrogen (secondary N) is 1. The molecule has 0 aliphatic heterocycles. The molecule has 0 aromatic heterocycles. The lowest BCUT2D eigenvalue weighted by Gasteiger charge is -2.22. The molecule has 6 nitrogen and oxygen atoms in total. The number of rotatable bonds is 55. The van der Waals surface area contributed by atoms with Crippen LogP contribution in [-0.2, 0) is 14.3 Å². The molecule has 2 unspecified atom stereocenters. The number of allylic oxidation sites excluding steroid dienone is 6. The number of unbranched alkanes of at least 4 members (excludes halogenated alkanes) is 38. The molecule has 394 valence electrons. The molecular weight excluding hydrogens is 827 g/mol. The van der Waals surface area contributed by atoms with Gasteiger partial charge >= 0.3 is 5.97 Å². The predicted octanol–water partition coefficient (Wildman–Crippen LogP) is 18.4. The van der Waals surface area contributed by atoms with Gasteiger partial charge in [-0.2, -0.15) is 0 Å². The van der Waals surface area contributed by atoms with Crippen molar-refractivity contribution in [3.8, 4) is 0 Å². The van der Waals surface area contributed by atoms with Crippen LogP contribution in [0.5, 0.6) is 0 Å². The van der Waals surface area contributed by atoms with E-state index in [4.69, 9.17) is 4.74 Å². The summed E-state index contributed by atoms with van der Waals surface area (Å²) in [5.41, 5.74) is 0. The molecule has 6 heteroatoms. The van der Waals surface area contributed by atoms with Crippen LogP contribution in [0, 0.1) is 0 Å². The van der Waals surface area contributed by atoms with E-state index in [2.05, 4.69) is 55.6 Å². The minimum absolute atomic E-state index is 0.00119. The molecule has 0 rings (SSSR count). The Morgan fingerprint density at radius 2 is 0.746 bits per heavy atom. The largest absolute Gasteiger partial charge is 0.466 e. The van der Waals surface area contributed by atoms with Crippen molar-refractivity contribution in [3.63, 3.8) is 0 Å². The zero-order chi connectivity index (χ0) is 48.6. The highest BCUT2D eigenvalue weighted by atomic mass is 16.5. The van der Waals surface area contributed by atoms with Crippen molar-refractivity contribution in [3.05, 3.63) is 36.5 Å². The fraction of sp³-hybridized carbons (Fsp3) is 0.869. The first kappa shape index (κ1) is 65.1. The fourth-order valence-electron chi connectivity index (χ4n) is 9.08. The molecule has 1 amide bonds. The average Bonchev–Trinajstić information content (AvgIpc) is 3.33. The summed E-state index contributed by atoms with van der Waals surface area (Å²) < 4.78 is 5.48. The van der Waals surface area contributed by atoms with Crippen molar-refractivity contribution in [1.29, 1.82) is 0 Å². The summed E-state index contributed by atoms with van der Waals surface area (Å²) in [7, 11) is 0. The van der Waals surface area contributed by atoms with Gasteiger partial charge in [0, 0.05) is 12.8 Å². The highest BCUT2D eigenvalue weighted by molar-refractivity contribution is 5.76. The summed E-state index contributed by atoms with van der Waals surface area (Å²) in [6.07, 6.45) is 70.1. The molecule has 0 aromatic carbocycles. The number of aliphatic hydroxyl groups is 2. The third-order valence-corrected chi connectivity index (χ3v) is 13.7. The molecule has 0 bridgehead atoms. The van der Waals surface area contributed by atoms with Crippen molar-refractivity contribution in [2.45, 2.75) is 328 Å². The van der Waals surface area contributed by atoms with E-state index in [1.807, 2.05) is 0 Å². The van der Waals surface area contributed by atoms with Crippen molar-refractivity contribution >= 4 is 11.9 Å². The van der Waals surface area contributed by atoms with Crippen LogP contribution >= 0.6 is 0 Å². The molecule has 0 spiro atoms. The van der Waals surface area contributed by atoms with Crippen molar-refractivity contribution < 1.29 is 24.5 Å². The van der Waals surface area contributed by atoms with Crippen LogP contribution in [0.25, 0.3) is 0 Å². The fourth-order valence-corrected chi connectivity index (χ4v) is 9.08. The summed E-state index contributed by atoms with van der Waals surface area (Å²) >= 11 is 0. The molecule has 0 fully saturated rings. The Balaban J connectivity index is 3.39. The van der Waals surface area contributed by atoms with Gasteiger partial charge in [-0.3, -0.25) is 9.59 Å². The van der Waals surface area contributed by atoms with E-state index in [1.165, 1.54) is 231 Å². The third kappa shape index (κ3) is 53.3. The van der Waals surface area contributed by atoms with Crippen LogP contribution in [0.3, 0.4) is 0 Å². The Bertz CT molecular complexity index is 1090. The first-order valence-corrected chi connectivity index (χ1v) is 29.7. The summed E-state index contributed by atoms with van der Waals surface area (Å²) in [5, 5.41) is 23.1. The zero-order valence-electron chi connectivity index (χ0n) is 44.9. The Morgan fingerprint density at radius 3 is 1.16 bits per heavy atom. The third-order valence-electron chi connectivity index (χ3n) is 13.7. The summed E-state index contributed by atoms with van der Waals surface area (Å²) in [4.78, 5) is 24.5. The molecule has 67 heavy (non-hydrogen) atoms. The normalized spacial score (nSPS) is 12.8. The topological polar surface area (TPSA) is 95.9 Å². The molecular formula is C61H115NO5. The molecule has 0 saturated heterocycles. The van der Waals surface area contributed by atoms with Crippen molar-refractivity contribution in [2.75, 3.05) is 13.2 Å². The second kappa shape index (κ2) is 56.7. The molecule has 0 aromatic rings. The van der Waals surface area contributed by atoms with Gasteiger partial charge < -0.3 is 20.3 Å². The van der Waals surface area contributed by atoms with Crippen LogP contribution in [0.15, 0.2) is 36.5 Å². The molecule has 0 heterocycles. The van der Waals surface area contributed by atoms with Gasteiger partial charge in [-0.05, 0) is 83.5 Å². The minimum atomic E-state index is -0.665. The number of esters is 1. The van der Waals surface area contributed by atoms with Gasteiger partial charge in [0.1, 0.15) is 0 Å². The van der Waals surface area contributed by atoms with E-state index < -0.39 is 12.1 Å². The van der Waals surface area contributed by atoms with Crippen LogP contribution in [0.2, 0.25) is 0 Å². The van der Waals surface area contributed by atoms with Gasteiger partial charge in [-0.1, -0.05) is 256 Å². The molecule has 2 atom stereocenters. The number of hydrogen-bond acceptors (Lipinski definition) is 5. The SMILES string of the molecule is CCCCCC/C=C\C/C=C\CCCCCCCC(=O)OCCCCCCCCCCCCCC/C=C\CCCCCCCCCCC(=O)NC(CO)C(O)CCCCCCCCCCCC. The Kier molecular flexibility index (Phi) is 55.0. The Hall–Kier alpha value is -1.92. The van der Waals surface area contributed by atoms with Gasteiger partial charge in [0.15, 0.2) is 0 Å². The van der Waals surface area contributed by atoms with Crippen LogP contribution < -0.4 is 5.32 Å². The Morgan fingerprint density at radius 1 is 0.418 bits per heavy atom. The minimum Gasteiger partial charge on any atom is -0.466 e. The standard InChI is InChI=1S/C61H115NO5/c1-3-5-7-9-11-13-15-16-17-29-32-35-39-43-47-51-55-61(66)67-56-52-48-44-40-36-33-30-27-25-23-21-19-18-20-22-24-26-28-31-34-38-42-46-50-54-60(65)62-58(57-63)59(64)53-49-45-41-37-14-12-10-8-6-4-2/h13,15,17,20,22,29,58-59,63-64H,3-12,14,16,18-19,21,23-28,30-57H2,1-2H3,(H,62,65)/b15-13-,22-20-,29-17-. The van der Waals surface area contributed by atoms with E-state index in [0.717, 1.165) is 51.4 Å². The number of hydrogen-bond donors (Lipinski definition) is 3. The number of carbonyl (C=O) groups is 2. The van der Waals surface area contributed by atoms with E-state index >= 15 is 0 Å². The number of aliphatic hydroxyl groups excluding tert-OH is 2. The lowest BCUT2D eigenvalue weighted by molar-refractivity contribution is -0.143. The number of carbonyl (C=O) groups excluding carboxylic acids is 2. The summed E-state index contributed by atoms with van der Waals surface area (Å²) in [6, 6.07) is -0.543. The highest BCUT2D eigenvalue weighted by Crippen LogP contribution is 2.17. The van der Waals surface area contributed by atoms with Gasteiger partial charge in [-0.15, -0.1) is 0 Å². The molecule has 0 saturated carbocycles. The zero-order valence-corrected chi connectivity index (χ0v) is 44.9. The monoisotopic (exact) mass is 942 g/mol. The predicted molar refractivity (Wildman–Crippen MR) is 292 cm³/mol. The van der Waals surface area contributed by atoms with Gasteiger partial charge in [0.2, 0.25) is 5.91 Å². The quantitative estimate of drug-likeness (QED) is 0.0321. The van der Waals surface area contributed by atoms with Gasteiger partial charge in [-0.25, -0.2) is 0 Å². The smallest absolute Gasteiger partial charge is 0.305 e. The van der Waals surface area contributed by atoms with Gasteiger partial charge in [0.05, 0.1) is 25.4 Å². The maximum atomic E-state index is 12.4. The van der Waals surface area contributed by atoms with Crippen LogP contribution in [0.1, 0.15) is 316 Å². The maximum absolute atomic E-state index is 12.4. The Labute approximate surface area is 417 Å². The van der Waals surface area contributed by atoms with E-state index in [-0.39, 0.29) is 18.5 Å². The second-order valence-electron chi connectivity index (χ2n) is 20.3. The van der Waals surface area contributed by atoms with Crippen LogP contribution in [0.4, 0.5) is 0 Å². The van der Waals surface area contributed by atoms with Crippen molar-refractivity contribution in [2.24, 2.45) is 0 Å². The van der Waals surface area contributed by atoms with E-state index in [0.29, 0.717) is 25.9 Å². The number of amides is 1. The molecule has 0 aliphatic carbocycles. The highest BCUT2D eigenvalue weighted by Gasteiger charge is 2.20. The van der Waals surface area contributed by atoms with E-state index in [1.54, 1.807) is 0 Å². The first-order chi connectivity index (χ1) is 33.0. The number of ether oxygens (including phenoxy) is 1. The van der Waals surface area contributed by atoms with E-state index in [9.17, 15) is 19.8 Å². The molecule has 3 N–H and O–H groups in total. The molecule has 0 aliphatic rings. The maximum Gasteiger partial charge on any atom is 0.305 e. The first-order valence-electron chi connectivity index (χ1n) is 29.7. The molecule has 0 radical (unpaired) electrons. The average molecular weight is 943 g/mol. The lowest BCUT2D eigenvalue weighted by Crippen LogP contribution is -2.45. The summed E-state index contributed by atoms with van der Waals surface area (Å²) in [6.45, 7) is 4.92.